The molecule has 5 aromatic rings. The topological polar surface area (TPSA) is 83.3 Å². The van der Waals surface area contributed by atoms with Crippen LogP contribution >= 0.6 is 11.3 Å². The lowest BCUT2D eigenvalue weighted by Gasteiger charge is -2.10. The normalized spacial score (nSPS) is 13.4. The van der Waals surface area contributed by atoms with E-state index < -0.39 is 5.91 Å². The van der Waals surface area contributed by atoms with Gasteiger partial charge < -0.3 is 8.98 Å². The lowest BCUT2D eigenvalue weighted by molar-refractivity contribution is 0.0929. The highest BCUT2D eigenvalue weighted by Gasteiger charge is 2.23. The second kappa shape index (κ2) is 8.81. The van der Waals surface area contributed by atoms with Crippen LogP contribution in [-0.2, 0) is 12.8 Å². The first-order valence-electron chi connectivity index (χ1n) is 12.0. The number of nitrogens with one attached hydrogen (secondary N) is 1. The van der Waals surface area contributed by atoms with Crippen LogP contribution < -0.4 is 5.43 Å². The van der Waals surface area contributed by atoms with Crippen LogP contribution in [-0.4, -0.2) is 16.7 Å². The van der Waals surface area contributed by atoms with Crippen LogP contribution in [0.3, 0.4) is 0 Å². The van der Waals surface area contributed by atoms with E-state index in [0.717, 1.165) is 62.9 Å². The van der Waals surface area contributed by atoms with Gasteiger partial charge in [0.05, 0.1) is 11.8 Å². The Hall–Kier alpha value is -4.15. The van der Waals surface area contributed by atoms with Gasteiger partial charge in [0.2, 0.25) is 0 Å². The van der Waals surface area contributed by atoms with Crippen molar-refractivity contribution in [2.45, 2.75) is 39.5 Å². The van der Waals surface area contributed by atoms with Crippen LogP contribution in [0, 0.1) is 25.2 Å². The largest absolute Gasteiger partial charge is 0.451 e. The summed E-state index contributed by atoms with van der Waals surface area (Å²) in [6.45, 7) is 4.04. The molecule has 1 aliphatic carbocycles. The highest BCUT2D eigenvalue weighted by atomic mass is 32.1. The van der Waals surface area contributed by atoms with Gasteiger partial charge in [-0.25, -0.2) is 5.43 Å². The minimum Gasteiger partial charge on any atom is -0.451 e. The van der Waals surface area contributed by atoms with Crippen molar-refractivity contribution < 1.29 is 9.21 Å². The molecular weight excluding hydrogens is 468 g/mol. The molecule has 7 heteroatoms. The van der Waals surface area contributed by atoms with E-state index in [1.54, 1.807) is 23.6 Å². The molecule has 3 heterocycles. The number of hydrogen-bond acceptors (Lipinski definition) is 5. The fraction of sp³-hybridized carbons (Fsp3) is 0.207. The van der Waals surface area contributed by atoms with E-state index in [4.69, 9.17) is 4.42 Å². The fourth-order valence-corrected chi connectivity index (χ4v) is 6.63. The molecule has 36 heavy (non-hydrogen) atoms. The maximum atomic E-state index is 12.8. The van der Waals surface area contributed by atoms with Gasteiger partial charge in [-0.3, -0.25) is 4.79 Å². The van der Waals surface area contributed by atoms with E-state index in [0.29, 0.717) is 5.58 Å². The quantitative estimate of drug-likeness (QED) is 0.227. The molecule has 0 spiro atoms. The number of furan rings is 1. The van der Waals surface area contributed by atoms with Crippen molar-refractivity contribution in [1.29, 1.82) is 5.26 Å². The summed E-state index contributed by atoms with van der Waals surface area (Å²) in [4.78, 5) is 14.1. The third-order valence-corrected chi connectivity index (χ3v) is 8.23. The molecule has 6 rings (SSSR count). The third kappa shape index (κ3) is 3.62. The maximum absolute atomic E-state index is 12.8. The number of thiophene rings is 1. The average molecular weight is 493 g/mol. The Morgan fingerprint density at radius 2 is 1.97 bits per heavy atom. The summed E-state index contributed by atoms with van der Waals surface area (Å²) < 4.78 is 7.93. The molecule has 6 nitrogen and oxygen atoms in total. The second-order valence-corrected chi connectivity index (χ2v) is 10.3. The molecule has 178 valence electrons. The molecule has 3 aromatic heterocycles. The molecule has 2 aromatic carbocycles. The smallest absolute Gasteiger partial charge is 0.307 e. The zero-order valence-electron chi connectivity index (χ0n) is 20.1. The molecule has 1 aliphatic rings. The molecule has 1 N–H and O–H groups in total. The molecule has 0 atom stereocenters. The van der Waals surface area contributed by atoms with Crippen LogP contribution in [0.5, 0.6) is 0 Å². The molecule has 0 unspecified atom stereocenters. The van der Waals surface area contributed by atoms with Crippen molar-refractivity contribution in [3.8, 4) is 11.1 Å². The van der Waals surface area contributed by atoms with E-state index in [2.05, 4.69) is 21.2 Å². The van der Waals surface area contributed by atoms with Gasteiger partial charge in [-0.2, -0.15) is 10.4 Å². The van der Waals surface area contributed by atoms with Gasteiger partial charge in [0.25, 0.3) is 0 Å². The number of rotatable bonds is 4. The Kier molecular flexibility index (Phi) is 5.46. The van der Waals surface area contributed by atoms with Gasteiger partial charge in [0.1, 0.15) is 16.7 Å². The van der Waals surface area contributed by atoms with Gasteiger partial charge in [-0.1, -0.05) is 30.3 Å². The molecule has 0 bridgehead atoms. The number of amides is 1. The number of aryl methyl sites for hydroxylation is 2. The van der Waals surface area contributed by atoms with E-state index in [1.807, 2.05) is 56.3 Å². The Balaban J connectivity index is 1.26. The van der Waals surface area contributed by atoms with Crippen LogP contribution in [0.25, 0.3) is 26.7 Å². The highest BCUT2D eigenvalue weighted by Crippen LogP contribution is 2.38. The maximum Gasteiger partial charge on any atom is 0.307 e. The predicted molar refractivity (Wildman–Crippen MR) is 143 cm³/mol. The van der Waals surface area contributed by atoms with Gasteiger partial charge in [0, 0.05) is 27.2 Å². The molecule has 1 amide bonds. The molecule has 0 radical (unpaired) electrons. The van der Waals surface area contributed by atoms with Crippen molar-refractivity contribution in [1.82, 2.24) is 9.99 Å². The number of fused-ring (bicyclic) bond motifs is 4. The zero-order valence-corrected chi connectivity index (χ0v) is 20.9. The summed E-state index contributed by atoms with van der Waals surface area (Å²) in [6, 6.07) is 18.1. The first-order chi connectivity index (χ1) is 17.5. The van der Waals surface area contributed by atoms with Crippen molar-refractivity contribution >= 4 is 45.2 Å². The standard InChI is InChI=1S/C29H24N4O2S/c1-17-13-20(18(2)33(17)29-24(15-30)22-9-5-6-10-27(22)36-29)16-31-32-28(34)26-14-23-21-8-4-3-7-19(21)11-12-25(23)35-26/h3-4,7-8,11-14,16H,5-6,9-10H2,1-2H3,(H,32,34)/b31-16-. The number of hydrazone groups is 1. The van der Waals surface area contributed by atoms with E-state index in [1.165, 1.54) is 16.9 Å². The predicted octanol–water partition coefficient (Wildman–Crippen LogP) is 6.57. The fourth-order valence-electron chi connectivity index (χ4n) is 5.18. The van der Waals surface area contributed by atoms with E-state index >= 15 is 0 Å². The summed E-state index contributed by atoms with van der Waals surface area (Å²) in [5, 5.41) is 18.1. The summed E-state index contributed by atoms with van der Waals surface area (Å²) in [7, 11) is 0. The summed E-state index contributed by atoms with van der Waals surface area (Å²) in [5.74, 6) is -0.190. The van der Waals surface area contributed by atoms with Gasteiger partial charge >= 0.3 is 5.91 Å². The van der Waals surface area contributed by atoms with E-state index in [-0.39, 0.29) is 5.76 Å². The van der Waals surface area contributed by atoms with Crippen LogP contribution in [0.15, 0.2) is 58.0 Å². The lowest BCUT2D eigenvalue weighted by Crippen LogP contribution is -2.16. The second-order valence-electron chi connectivity index (χ2n) is 9.17. The van der Waals surface area contributed by atoms with Gasteiger partial charge in [-0.15, -0.1) is 11.3 Å². The Bertz CT molecular complexity index is 1730. The molecule has 0 saturated heterocycles. The monoisotopic (exact) mass is 492 g/mol. The molecular formula is C29H24N4O2S. The summed E-state index contributed by atoms with van der Waals surface area (Å²) >= 11 is 1.72. The number of carbonyl (C=O) groups is 1. The Morgan fingerprint density at radius 1 is 1.14 bits per heavy atom. The van der Waals surface area contributed by atoms with Crippen molar-refractivity contribution in [2.75, 3.05) is 0 Å². The number of carbonyl (C=O) groups excluding carboxylic acids is 1. The number of hydrogen-bond donors (Lipinski definition) is 1. The van der Waals surface area contributed by atoms with Crippen molar-refractivity contribution in [3.05, 3.63) is 87.2 Å². The first-order valence-corrected chi connectivity index (χ1v) is 12.9. The number of nitrogens with zero attached hydrogens (tertiary/aromatic N) is 3. The molecule has 0 fully saturated rings. The highest BCUT2D eigenvalue weighted by molar-refractivity contribution is 7.15. The summed E-state index contributed by atoms with van der Waals surface area (Å²) in [5.41, 5.74) is 8.17. The number of nitriles is 1. The minimum atomic E-state index is -0.405. The third-order valence-electron chi connectivity index (χ3n) is 6.96. The zero-order chi connectivity index (χ0) is 24.8. The lowest BCUT2D eigenvalue weighted by atomic mass is 9.96. The van der Waals surface area contributed by atoms with Crippen LogP contribution in [0.4, 0.5) is 0 Å². The molecule has 0 aliphatic heterocycles. The number of aromatic nitrogens is 1. The van der Waals surface area contributed by atoms with Gasteiger partial charge in [0.15, 0.2) is 5.76 Å². The number of benzene rings is 2. The first kappa shape index (κ1) is 22.3. The van der Waals surface area contributed by atoms with Crippen LogP contribution in [0.1, 0.15) is 56.4 Å². The Morgan fingerprint density at radius 3 is 2.83 bits per heavy atom. The minimum absolute atomic E-state index is 0.215. The average Bonchev–Trinajstić information content (AvgIpc) is 3.57. The SMILES string of the molecule is Cc1cc(/C=N\NC(=O)c2cc3c(ccc4ccccc43)o2)c(C)n1-c1sc2c(c1C#N)CCCC2. The van der Waals surface area contributed by atoms with E-state index in [9.17, 15) is 10.1 Å². The molecule has 0 saturated carbocycles. The van der Waals surface area contributed by atoms with Gasteiger partial charge in [-0.05, 0) is 74.1 Å². The van der Waals surface area contributed by atoms with Crippen molar-refractivity contribution in [2.24, 2.45) is 5.10 Å². The Labute approximate surface area is 212 Å². The van der Waals surface area contributed by atoms with Crippen LogP contribution in [0.2, 0.25) is 0 Å². The van der Waals surface area contributed by atoms with Crippen molar-refractivity contribution in [3.63, 3.8) is 0 Å². The summed E-state index contributed by atoms with van der Waals surface area (Å²) in [6.07, 6.45) is 5.99.